The van der Waals surface area contributed by atoms with Crippen LogP contribution < -0.4 is 0 Å². The van der Waals surface area contributed by atoms with E-state index >= 15 is 0 Å². The highest BCUT2D eigenvalue weighted by Crippen LogP contribution is 2.23. The average Bonchev–Trinajstić information content (AvgIpc) is 2.20. The second-order valence-corrected chi connectivity index (χ2v) is 3.82. The normalized spacial score (nSPS) is 10.3. The highest BCUT2D eigenvalue weighted by molar-refractivity contribution is 5.78. The Morgan fingerprint density at radius 3 is 2.40 bits per heavy atom. The second-order valence-electron chi connectivity index (χ2n) is 3.82. The molecule has 0 aliphatic heterocycles. The molecule has 0 saturated heterocycles. The van der Waals surface area contributed by atoms with E-state index in [2.05, 4.69) is 57.7 Å². The minimum atomic E-state index is 1.29. The Balaban J connectivity index is 3.24. The van der Waals surface area contributed by atoms with Crippen LogP contribution >= 0.6 is 0 Å². The van der Waals surface area contributed by atoms with E-state index in [9.17, 15) is 0 Å². The molecule has 15 heavy (non-hydrogen) atoms. The van der Waals surface area contributed by atoms with Crippen LogP contribution in [0.25, 0.3) is 5.57 Å². The molecule has 0 N–H and O–H groups in total. The van der Waals surface area contributed by atoms with E-state index < -0.39 is 0 Å². The summed E-state index contributed by atoms with van der Waals surface area (Å²) < 4.78 is 0. The Labute approximate surface area is 92.6 Å². The standard InChI is InChI=1S/C15H18/c1-5-6-10-14(12(2)3)15-11-8-7-9-13(15)4/h5-11H,1H2,2-4H3/b10-6-. The predicted molar refractivity (Wildman–Crippen MR) is 68.8 cm³/mol. The second kappa shape index (κ2) is 5.35. The summed E-state index contributed by atoms with van der Waals surface area (Å²) in [5.74, 6) is 0. The van der Waals surface area contributed by atoms with Crippen LogP contribution in [0.1, 0.15) is 25.0 Å². The minimum Gasteiger partial charge on any atom is -0.0991 e. The van der Waals surface area contributed by atoms with Crippen molar-refractivity contribution in [3.8, 4) is 0 Å². The van der Waals surface area contributed by atoms with Gasteiger partial charge in [-0.3, -0.25) is 0 Å². The molecule has 0 bridgehead atoms. The van der Waals surface area contributed by atoms with Crippen molar-refractivity contribution in [2.45, 2.75) is 20.8 Å². The third-order valence-electron chi connectivity index (χ3n) is 2.37. The van der Waals surface area contributed by atoms with Crippen LogP contribution in [0.2, 0.25) is 0 Å². The van der Waals surface area contributed by atoms with Gasteiger partial charge < -0.3 is 0 Å². The topological polar surface area (TPSA) is 0 Å². The molecule has 0 heterocycles. The van der Waals surface area contributed by atoms with Crippen molar-refractivity contribution in [3.63, 3.8) is 0 Å². The molecule has 78 valence electrons. The highest BCUT2D eigenvalue weighted by Gasteiger charge is 2.02. The Bertz CT molecular complexity index is 402. The van der Waals surface area contributed by atoms with Gasteiger partial charge in [0.15, 0.2) is 0 Å². The van der Waals surface area contributed by atoms with Crippen molar-refractivity contribution in [2.75, 3.05) is 0 Å². The Kier molecular flexibility index (Phi) is 4.11. The first-order valence-corrected chi connectivity index (χ1v) is 5.19. The molecule has 1 rings (SSSR count). The summed E-state index contributed by atoms with van der Waals surface area (Å²) >= 11 is 0. The average molecular weight is 198 g/mol. The quantitative estimate of drug-likeness (QED) is 0.626. The van der Waals surface area contributed by atoms with Gasteiger partial charge in [-0.25, -0.2) is 0 Å². The molecular weight excluding hydrogens is 180 g/mol. The maximum atomic E-state index is 3.70. The van der Waals surface area contributed by atoms with Crippen molar-refractivity contribution in [3.05, 3.63) is 65.8 Å². The van der Waals surface area contributed by atoms with Crippen LogP contribution in [-0.2, 0) is 0 Å². The van der Waals surface area contributed by atoms with Gasteiger partial charge in [-0.05, 0) is 37.5 Å². The Morgan fingerprint density at radius 1 is 1.20 bits per heavy atom. The van der Waals surface area contributed by atoms with E-state index in [4.69, 9.17) is 0 Å². The summed E-state index contributed by atoms with van der Waals surface area (Å²) in [5.41, 5.74) is 5.22. The molecule has 0 aromatic heterocycles. The molecule has 0 radical (unpaired) electrons. The summed E-state index contributed by atoms with van der Waals surface area (Å²) in [6.07, 6.45) is 5.90. The van der Waals surface area contributed by atoms with Gasteiger partial charge in [-0.2, -0.15) is 0 Å². The SMILES string of the molecule is C=C/C=C\C(=C(C)C)c1ccccc1C. The smallest absolute Gasteiger partial charge is 0.0155 e. The first kappa shape index (κ1) is 11.5. The highest BCUT2D eigenvalue weighted by atomic mass is 14.1. The van der Waals surface area contributed by atoms with E-state index in [0.717, 1.165) is 0 Å². The Morgan fingerprint density at radius 2 is 1.87 bits per heavy atom. The largest absolute Gasteiger partial charge is 0.0991 e. The molecule has 1 aromatic carbocycles. The van der Waals surface area contributed by atoms with Gasteiger partial charge in [-0.15, -0.1) is 0 Å². The van der Waals surface area contributed by atoms with Gasteiger partial charge in [0.25, 0.3) is 0 Å². The molecular formula is C15H18. The van der Waals surface area contributed by atoms with E-state index in [1.807, 2.05) is 6.08 Å². The summed E-state index contributed by atoms with van der Waals surface area (Å²) in [7, 11) is 0. The number of hydrogen-bond acceptors (Lipinski definition) is 0. The van der Waals surface area contributed by atoms with Gasteiger partial charge >= 0.3 is 0 Å². The minimum absolute atomic E-state index is 1.29. The van der Waals surface area contributed by atoms with E-state index in [1.165, 1.54) is 22.3 Å². The molecule has 0 nitrogen and oxygen atoms in total. The lowest BCUT2D eigenvalue weighted by Gasteiger charge is -2.08. The molecule has 0 spiro atoms. The number of allylic oxidation sites excluding steroid dienone is 5. The monoisotopic (exact) mass is 198 g/mol. The zero-order chi connectivity index (χ0) is 11.3. The van der Waals surface area contributed by atoms with Crippen molar-refractivity contribution in [2.24, 2.45) is 0 Å². The van der Waals surface area contributed by atoms with Crippen molar-refractivity contribution in [1.29, 1.82) is 0 Å². The molecule has 0 fully saturated rings. The van der Waals surface area contributed by atoms with Crippen molar-refractivity contribution in [1.82, 2.24) is 0 Å². The van der Waals surface area contributed by atoms with E-state index in [1.54, 1.807) is 6.08 Å². The van der Waals surface area contributed by atoms with Gasteiger partial charge in [0.05, 0.1) is 0 Å². The van der Waals surface area contributed by atoms with Crippen LogP contribution in [0.4, 0.5) is 0 Å². The number of rotatable bonds is 3. The van der Waals surface area contributed by atoms with Crippen LogP contribution in [0, 0.1) is 6.92 Å². The fourth-order valence-corrected chi connectivity index (χ4v) is 1.57. The van der Waals surface area contributed by atoms with Crippen LogP contribution in [0.15, 0.2) is 54.6 Å². The number of benzene rings is 1. The zero-order valence-electron chi connectivity index (χ0n) is 9.75. The lowest BCUT2D eigenvalue weighted by atomic mass is 9.97. The molecule has 0 unspecified atom stereocenters. The van der Waals surface area contributed by atoms with Gasteiger partial charge in [0, 0.05) is 0 Å². The maximum absolute atomic E-state index is 3.70. The number of hydrogen-bond donors (Lipinski definition) is 0. The van der Waals surface area contributed by atoms with Gasteiger partial charge in [0.2, 0.25) is 0 Å². The molecule has 0 heteroatoms. The van der Waals surface area contributed by atoms with Crippen molar-refractivity contribution >= 4 is 5.57 Å². The molecule has 0 amide bonds. The lowest BCUT2D eigenvalue weighted by molar-refractivity contribution is 1.36. The molecule has 0 atom stereocenters. The van der Waals surface area contributed by atoms with Crippen LogP contribution in [0.3, 0.4) is 0 Å². The molecule has 1 aromatic rings. The molecule has 0 saturated carbocycles. The third kappa shape index (κ3) is 2.95. The van der Waals surface area contributed by atoms with Crippen LogP contribution in [-0.4, -0.2) is 0 Å². The van der Waals surface area contributed by atoms with Crippen molar-refractivity contribution < 1.29 is 0 Å². The maximum Gasteiger partial charge on any atom is -0.0155 e. The Hall–Kier alpha value is -1.56. The first-order chi connectivity index (χ1) is 7.16. The van der Waals surface area contributed by atoms with Gasteiger partial charge in [0.1, 0.15) is 0 Å². The fourth-order valence-electron chi connectivity index (χ4n) is 1.57. The lowest BCUT2D eigenvalue weighted by Crippen LogP contribution is -1.88. The van der Waals surface area contributed by atoms with E-state index in [-0.39, 0.29) is 0 Å². The third-order valence-corrected chi connectivity index (χ3v) is 2.37. The summed E-state index contributed by atoms with van der Waals surface area (Å²) in [4.78, 5) is 0. The summed E-state index contributed by atoms with van der Waals surface area (Å²) in [6.45, 7) is 10.1. The van der Waals surface area contributed by atoms with Gasteiger partial charge in [-0.1, -0.05) is 54.6 Å². The van der Waals surface area contributed by atoms with E-state index in [0.29, 0.717) is 0 Å². The molecule has 0 aliphatic rings. The summed E-state index contributed by atoms with van der Waals surface area (Å²) in [6, 6.07) is 8.44. The van der Waals surface area contributed by atoms with Crippen LogP contribution in [0.5, 0.6) is 0 Å². The predicted octanol–water partition coefficient (Wildman–Crippen LogP) is 4.53. The number of aryl methyl sites for hydroxylation is 1. The molecule has 0 aliphatic carbocycles. The zero-order valence-corrected chi connectivity index (χ0v) is 9.75. The summed E-state index contributed by atoms with van der Waals surface area (Å²) in [5, 5.41) is 0. The fraction of sp³-hybridized carbons (Fsp3) is 0.200. The first-order valence-electron chi connectivity index (χ1n) is 5.19.